The molecule has 4 rings (SSSR count). The molecule has 0 atom stereocenters. The van der Waals surface area contributed by atoms with Gasteiger partial charge >= 0.3 is 12.2 Å². The van der Waals surface area contributed by atoms with Crippen LogP contribution in [0.2, 0.25) is 0 Å². The van der Waals surface area contributed by atoms with E-state index in [2.05, 4.69) is 41.8 Å². The molecule has 0 aliphatic rings. The first kappa shape index (κ1) is 26.7. The lowest BCUT2D eigenvalue weighted by Crippen LogP contribution is -2.23. The van der Waals surface area contributed by atoms with Crippen LogP contribution in [0.4, 0.5) is 29.3 Å². The van der Waals surface area contributed by atoms with Crippen molar-refractivity contribution < 1.29 is 27.5 Å². The molecule has 3 N–H and O–H groups in total. The van der Waals surface area contributed by atoms with Crippen LogP contribution in [0.15, 0.2) is 71.6 Å². The number of imidazole rings is 1. The minimum Gasteiger partial charge on any atom is -0.457 e. The van der Waals surface area contributed by atoms with Crippen molar-refractivity contribution in [1.82, 2.24) is 19.9 Å². The van der Waals surface area contributed by atoms with E-state index in [1.54, 1.807) is 18.2 Å². The van der Waals surface area contributed by atoms with E-state index in [1.807, 2.05) is 0 Å². The summed E-state index contributed by atoms with van der Waals surface area (Å²) in [5.74, 6) is 0.416. The summed E-state index contributed by atoms with van der Waals surface area (Å²) in [7, 11) is 7.34. The van der Waals surface area contributed by atoms with Crippen LogP contribution < -0.4 is 26.4 Å². The quantitative estimate of drug-likeness (QED) is 0.286. The lowest BCUT2D eigenvalue weighted by Gasteiger charge is -2.16. The summed E-state index contributed by atoms with van der Waals surface area (Å²) in [6, 6.07) is 11.3. The SMILES string of the molecule is [B]c1nc(Br)cn1-c1ccc(C(F)(F)F)cc1NC(=O)Nc1ccc(Oc2ccnc(C(=O)NC)c2)cc1. The Balaban J connectivity index is 1.49. The number of rotatable bonds is 6. The number of amides is 3. The summed E-state index contributed by atoms with van der Waals surface area (Å²) in [6.07, 6.45) is -1.74. The zero-order chi connectivity index (χ0) is 27.4. The highest BCUT2D eigenvalue weighted by Gasteiger charge is 2.31. The van der Waals surface area contributed by atoms with E-state index in [4.69, 9.17) is 12.6 Å². The van der Waals surface area contributed by atoms with Gasteiger partial charge in [-0.05, 0) is 64.5 Å². The molecule has 192 valence electrons. The molecule has 14 heteroatoms. The Hall–Kier alpha value is -4.33. The minimum absolute atomic E-state index is 0.00678. The van der Waals surface area contributed by atoms with E-state index < -0.39 is 17.8 Å². The predicted molar refractivity (Wildman–Crippen MR) is 138 cm³/mol. The highest BCUT2D eigenvalue weighted by atomic mass is 79.9. The minimum atomic E-state index is -4.63. The number of pyridine rings is 1. The van der Waals surface area contributed by atoms with Crippen molar-refractivity contribution in [2.45, 2.75) is 6.18 Å². The Morgan fingerprint density at radius 2 is 1.76 bits per heavy atom. The largest absolute Gasteiger partial charge is 0.457 e. The van der Waals surface area contributed by atoms with Crippen LogP contribution in [-0.2, 0) is 6.18 Å². The lowest BCUT2D eigenvalue weighted by molar-refractivity contribution is -0.137. The predicted octanol–water partition coefficient (Wildman–Crippen LogP) is 4.64. The van der Waals surface area contributed by atoms with Crippen LogP contribution >= 0.6 is 15.9 Å². The van der Waals surface area contributed by atoms with E-state index in [0.29, 0.717) is 21.8 Å². The number of anilines is 2. The van der Waals surface area contributed by atoms with Gasteiger partial charge in [0.05, 0.1) is 22.7 Å². The first-order valence-electron chi connectivity index (χ1n) is 10.8. The standard InChI is InChI=1S/C24H17BBrF3N6O3/c1-30-21(36)18-11-16(8-9-31-18)38-15-5-3-14(4-6-15)32-23(37)33-17-10-13(24(27,28)29)2-7-19(17)35-12-20(26)34-22(35)25/h2-12H,1H3,(H,30,36)(H2,32,33,37). The van der Waals surface area contributed by atoms with Crippen molar-refractivity contribution in [3.63, 3.8) is 0 Å². The van der Waals surface area contributed by atoms with Gasteiger partial charge in [-0.2, -0.15) is 13.2 Å². The third-order valence-corrected chi connectivity index (χ3v) is 5.46. The lowest BCUT2D eigenvalue weighted by atomic mass is 10.1. The number of ether oxygens (including phenoxy) is 1. The molecule has 4 aromatic rings. The average Bonchev–Trinajstić information content (AvgIpc) is 3.21. The molecule has 0 unspecified atom stereocenters. The zero-order valence-corrected chi connectivity index (χ0v) is 21.1. The highest BCUT2D eigenvalue weighted by Crippen LogP contribution is 2.33. The Bertz CT molecular complexity index is 1490. The highest BCUT2D eigenvalue weighted by molar-refractivity contribution is 9.10. The van der Waals surface area contributed by atoms with Crippen molar-refractivity contribution >= 4 is 52.8 Å². The molecule has 2 aromatic heterocycles. The molecule has 2 heterocycles. The second-order valence-electron chi connectivity index (χ2n) is 7.68. The maximum atomic E-state index is 13.3. The number of urea groups is 1. The fraction of sp³-hybridized carbons (Fsp3) is 0.0833. The van der Waals surface area contributed by atoms with Crippen LogP contribution in [-0.4, -0.2) is 41.4 Å². The van der Waals surface area contributed by atoms with Gasteiger partial charge in [-0.15, -0.1) is 0 Å². The molecule has 0 aliphatic carbocycles. The molecule has 0 bridgehead atoms. The topological polar surface area (TPSA) is 110 Å². The molecule has 0 spiro atoms. The number of benzene rings is 2. The summed E-state index contributed by atoms with van der Waals surface area (Å²) in [5.41, 5.74) is -0.383. The number of nitrogens with zero attached hydrogens (tertiary/aromatic N) is 3. The van der Waals surface area contributed by atoms with E-state index >= 15 is 0 Å². The van der Waals surface area contributed by atoms with E-state index in [-0.39, 0.29) is 28.7 Å². The number of hydrogen-bond acceptors (Lipinski definition) is 5. The molecule has 38 heavy (non-hydrogen) atoms. The fourth-order valence-corrected chi connectivity index (χ4v) is 3.72. The van der Waals surface area contributed by atoms with Crippen molar-refractivity contribution in [3.05, 3.63) is 82.9 Å². The van der Waals surface area contributed by atoms with E-state index in [1.165, 1.54) is 48.3 Å². The summed E-state index contributed by atoms with van der Waals surface area (Å²) in [6.45, 7) is 0. The van der Waals surface area contributed by atoms with E-state index in [0.717, 1.165) is 12.1 Å². The summed E-state index contributed by atoms with van der Waals surface area (Å²) in [4.78, 5) is 32.4. The van der Waals surface area contributed by atoms with Gasteiger partial charge in [0.15, 0.2) is 7.85 Å². The Morgan fingerprint density at radius 1 is 1.03 bits per heavy atom. The van der Waals surface area contributed by atoms with Crippen LogP contribution in [0.25, 0.3) is 5.69 Å². The summed E-state index contributed by atoms with van der Waals surface area (Å²) in [5, 5.41) is 7.46. The second kappa shape index (κ2) is 11.0. The van der Waals surface area contributed by atoms with Crippen LogP contribution in [0, 0.1) is 0 Å². The number of carbonyl (C=O) groups is 2. The fourth-order valence-electron chi connectivity index (χ4n) is 3.33. The summed E-state index contributed by atoms with van der Waals surface area (Å²) < 4.78 is 47.4. The Labute approximate surface area is 224 Å². The molecule has 0 saturated heterocycles. The normalized spacial score (nSPS) is 11.1. The molecular formula is C24H17BBrF3N6O3. The van der Waals surface area contributed by atoms with Gasteiger partial charge in [0, 0.05) is 31.2 Å². The monoisotopic (exact) mass is 584 g/mol. The van der Waals surface area contributed by atoms with Gasteiger partial charge < -0.3 is 25.3 Å². The van der Waals surface area contributed by atoms with Crippen molar-refractivity contribution in [2.24, 2.45) is 0 Å². The van der Waals surface area contributed by atoms with Crippen LogP contribution in [0.1, 0.15) is 16.1 Å². The molecule has 0 aliphatic heterocycles. The van der Waals surface area contributed by atoms with Crippen molar-refractivity contribution in [3.8, 4) is 17.2 Å². The third kappa shape index (κ3) is 6.32. The first-order chi connectivity index (χ1) is 18.0. The number of carbonyl (C=O) groups excluding carboxylic acids is 2. The number of alkyl halides is 3. The molecule has 3 amide bonds. The number of halogens is 4. The molecule has 9 nitrogen and oxygen atoms in total. The third-order valence-electron chi connectivity index (χ3n) is 5.07. The van der Waals surface area contributed by atoms with Gasteiger partial charge in [0.25, 0.3) is 5.91 Å². The second-order valence-corrected chi connectivity index (χ2v) is 8.50. The summed E-state index contributed by atoms with van der Waals surface area (Å²) >= 11 is 3.16. The van der Waals surface area contributed by atoms with Gasteiger partial charge in [-0.25, -0.2) is 9.78 Å². The number of hydrogen-bond donors (Lipinski definition) is 3. The molecule has 0 fully saturated rings. The van der Waals surface area contributed by atoms with E-state index in [9.17, 15) is 22.8 Å². The molecule has 2 radical (unpaired) electrons. The first-order valence-corrected chi connectivity index (χ1v) is 11.6. The van der Waals surface area contributed by atoms with Crippen molar-refractivity contribution in [1.29, 1.82) is 0 Å². The smallest absolute Gasteiger partial charge is 0.416 e. The maximum Gasteiger partial charge on any atom is 0.416 e. The van der Waals surface area contributed by atoms with Crippen LogP contribution in [0.5, 0.6) is 11.5 Å². The molecule has 2 aromatic carbocycles. The van der Waals surface area contributed by atoms with Gasteiger partial charge in [-0.1, -0.05) is 0 Å². The average molecular weight is 585 g/mol. The molecule has 0 saturated carbocycles. The van der Waals surface area contributed by atoms with Crippen molar-refractivity contribution in [2.75, 3.05) is 17.7 Å². The number of nitrogens with one attached hydrogen (secondary N) is 3. The maximum absolute atomic E-state index is 13.3. The van der Waals surface area contributed by atoms with Gasteiger partial charge in [0.1, 0.15) is 21.8 Å². The Kier molecular flexibility index (Phi) is 7.71. The van der Waals surface area contributed by atoms with Crippen LogP contribution in [0.3, 0.4) is 0 Å². The number of aromatic nitrogens is 3. The Morgan fingerprint density at radius 3 is 2.39 bits per heavy atom. The molecular weight excluding hydrogens is 568 g/mol. The zero-order valence-electron chi connectivity index (χ0n) is 19.5. The van der Waals surface area contributed by atoms with Gasteiger partial charge in [0.2, 0.25) is 0 Å². The van der Waals surface area contributed by atoms with Gasteiger partial charge in [-0.3, -0.25) is 9.78 Å².